The summed E-state index contributed by atoms with van der Waals surface area (Å²) in [6, 6.07) is 16.7. The summed E-state index contributed by atoms with van der Waals surface area (Å²) in [5.74, 6) is -0.803. The maximum Gasteiger partial charge on any atom is 0.264 e. The van der Waals surface area contributed by atoms with Crippen LogP contribution in [-0.2, 0) is 16.6 Å². The van der Waals surface area contributed by atoms with Crippen molar-refractivity contribution in [3.05, 3.63) is 99.6 Å². The SMILES string of the molecule is COc1ccc(CNc2nc3cc(Cl)c(-c4cnc(OC)c(NS(=O)(=O)c5ccc(F)cc5F)c4)cc3cc2Br)cc1. The minimum absolute atomic E-state index is 0.0567. The van der Waals surface area contributed by atoms with Crippen molar-refractivity contribution in [2.24, 2.45) is 0 Å². The Morgan fingerprint density at radius 2 is 1.74 bits per heavy atom. The summed E-state index contributed by atoms with van der Waals surface area (Å²) in [4.78, 5) is 8.18. The van der Waals surface area contributed by atoms with E-state index in [1.54, 1.807) is 19.2 Å². The third kappa shape index (κ3) is 6.25. The van der Waals surface area contributed by atoms with Gasteiger partial charge in [0.2, 0.25) is 5.88 Å². The van der Waals surface area contributed by atoms with Gasteiger partial charge in [-0.1, -0.05) is 23.7 Å². The standard InChI is InChI=1S/C29H22BrClF2N4O4S/c1-40-20-6-3-16(4-7-20)14-34-28-22(30)10-17-9-21(23(31)13-25(17)36-28)18-11-26(29(41-2)35-15-18)37-42(38,39)27-8-5-19(32)12-24(27)33/h3-13,15,37H,14H2,1-2H3,(H,34,36). The largest absolute Gasteiger partial charge is 0.497 e. The number of aromatic nitrogens is 2. The second-order valence-corrected chi connectivity index (χ2v) is 11.9. The van der Waals surface area contributed by atoms with Gasteiger partial charge in [0.25, 0.3) is 10.0 Å². The van der Waals surface area contributed by atoms with Crippen molar-refractivity contribution >= 4 is 60.0 Å². The summed E-state index contributed by atoms with van der Waals surface area (Å²) in [6.07, 6.45) is 1.47. The highest BCUT2D eigenvalue weighted by molar-refractivity contribution is 9.10. The molecule has 0 saturated heterocycles. The summed E-state index contributed by atoms with van der Waals surface area (Å²) < 4.78 is 66.9. The number of anilines is 2. The van der Waals surface area contributed by atoms with E-state index in [1.807, 2.05) is 30.3 Å². The molecular weight excluding hydrogens is 654 g/mol. The summed E-state index contributed by atoms with van der Waals surface area (Å²) in [7, 11) is -1.53. The minimum atomic E-state index is -4.45. The topological polar surface area (TPSA) is 102 Å². The molecule has 0 atom stereocenters. The van der Waals surface area contributed by atoms with Crippen LogP contribution in [0.4, 0.5) is 20.3 Å². The van der Waals surface area contributed by atoms with Crippen molar-refractivity contribution in [1.82, 2.24) is 9.97 Å². The van der Waals surface area contributed by atoms with Crippen molar-refractivity contribution in [3.63, 3.8) is 0 Å². The van der Waals surface area contributed by atoms with E-state index < -0.39 is 26.6 Å². The fourth-order valence-corrected chi connectivity index (χ4v) is 6.02. The lowest BCUT2D eigenvalue weighted by atomic mass is 10.0. The Balaban J connectivity index is 1.45. The fourth-order valence-electron chi connectivity index (χ4n) is 4.17. The normalized spacial score (nSPS) is 11.4. The van der Waals surface area contributed by atoms with Crippen LogP contribution in [-0.4, -0.2) is 32.6 Å². The lowest BCUT2D eigenvalue weighted by Crippen LogP contribution is -2.15. The highest BCUT2D eigenvalue weighted by Crippen LogP contribution is 2.37. The fraction of sp³-hybridized carbons (Fsp3) is 0.103. The number of halogens is 4. The predicted octanol–water partition coefficient (Wildman–Crippen LogP) is 7.42. The molecule has 0 radical (unpaired) electrons. The minimum Gasteiger partial charge on any atom is -0.497 e. The molecule has 0 aliphatic rings. The first-order chi connectivity index (χ1) is 20.1. The first-order valence-electron chi connectivity index (χ1n) is 12.3. The van der Waals surface area contributed by atoms with Crippen LogP contribution < -0.4 is 19.5 Å². The van der Waals surface area contributed by atoms with Crippen molar-refractivity contribution in [1.29, 1.82) is 0 Å². The number of pyridine rings is 2. The quantitative estimate of drug-likeness (QED) is 0.168. The monoisotopic (exact) mass is 674 g/mol. The molecule has 2 N–H and O–H groups in total. The number of fused-ring (bicyclic) bond motifs is 1. The van der Waals surface area contributed by atoms with E-state index in [9.17, 15) is 17.2 Å². The van der Waals surface area contributed by atoms with E-state index in [1.165, 1.54) is 19.4 Å². The first-order valence-corrected chi connectivity index (χ1v) is 14.9. The number of nitrogens with zero attached hydrogens (tertiary/aromatic N) is 2. The van der Waals surface area contributed by atoms with E-state index in [4.69, 9.17) is 26.1 Å². The third-order valence-corrected chi connectivity index (χ3v) is 8.58. The molecule has 0 aliphatic heterocycles. The zero-order valence-electron chi connectivity index (χ0n) is 22.1. The van der Waals surface area contributed by atoms with E-state index >= 15 is 0 Å². The maximum absolute atomic E-state index is 14.3. The van der Waals surface area contributed by atoms with Crippen molar-refractivity contribution in [2.45, 2.75) is 11.4 Å². The molecule has 2 aromatic heterocycles. The molecule has 8 nitrogen and oxygen atoms in total. The lowest BCUT2D eigenvalue weighted by molar-refractivity contribution is 0.400. The average molecular weight is 676 g/mol. The van der Waals surface area contributed by atoms with Gasteiger partial charge in [0, 0.05) is 35.3 Å². The summed E-state index contributed by atoms with van der Waals surface area (Å²) in [5.41, 5.74) is 2.60. The van der Waals surface area contributed by atoms with Crippen molar-refractivity contribution < 1.29 is 26.7 Å². The summed E-state index contributed by atoms with van der Waals surface area (Å²) in [5, 5.41) is 4.40. The van der Waals surface area contributed by atoms with Gasteiger partial charge in [-0.2, -0.15) is 0 Å². The van der Waals surface area contributed by atoms with Gasteiger partial charge in [-0.3, -0.25) is 4.72 Å². The number of hydrogen-bond donors (Lipinski definition) is 2. The highest BCUT2D eigenvalue weighted by atomic mass is 79.9. The molecule has 0 bridgehead atoms. The molecule has 5 rings (SSSR count). The Kier molecular flexibility index (Phi) is 8.48. The van der Waals surface area contributed by atoms with Gasteiger partial charge in [-0.15, -0.1) is 0 Å². The van der Waals surface area contributed by atoms with E-state index in [-0.39, 0.29) is 11.6 Å². The molecule has 0 saturated carbocycles. The van der Waals surface area contributed by atoms with Gasteiger partial charge in [0.15, 0.2) is 0 Å². The number of sulfonamides is 1. The Hall–Kier alpha value is -4.00. The molecule has 0 spiro atoms. The van der Waals surface area contributed by atoms with E-state index in [2.05, 4.69) is 31.0 Å². The van der Waals surface area contributed by atoms with Crippen LogP contribution in [0.3, 0.4) is 0 Å². The molecule has 5 aromatic rings. The Morgan fingerprint density at radius 3 is 2.43 bits per heavy atom. The lowest BCUT2D eigenvalue weighted by Gasteiger charge is -2.14. The van der Waals surface area contributed by atoms with Crippen LogP contribution in [0.25, 0.3) is 22.0 Å². The van der Waals surface area contributed by atoms with Crippen molar-refractivity contribution in [2.75, 3.05) is 24.3 Å². The predicted molar refractivity (Wildman–Crippen MR) is 162 cm³/mol. The number of hydrogen-bond acceptors (Lipinski definition) is 7. The van der Waals surface area contributed by atoms with Gasteiger partial charge >= 0.3 is 0 Å². The van der Waals surface area contributed by atoms with Crippen LogP contribution >= 0.6 is 27.5 Å². The molecule has 13 heteroatoms. The van der Waals surface area contributed by atoms with Gasteiger partial charge in [-0.25, -0.2) is 27.2 Å². The smallest absolute Gasteiger partial charge is 0.264 e. The van der Waals surface area contributed by atoms with Gasteiger partial charge in [0.1, 0.15) is 33.8 Å². The van der Waals surface area contributed by atoms with E-state index in [0.717, 1.165) is 33.3 Å². The number of ether oxygens (including phenoxy) is 2. The molecule has 216 valence electrons. The van der Waals surface area contributed by atoms with Crippen molar-refractivity contribution in [3.8, 4) is 22.8 Å². The van der Waals surface area contributed by atoms with Crippen LogP contribution in [0.5, 0.6) is 11.6 Å². The zero-order valence-corrected chi connectivity index (χ0v) is 25.2. The zero-order chi connectivity index (χ0) is 30.0. The average Bonchev–Trinajstić information content (AvgIpc) is 2.96. The van der Waals surface area contributed by atoms with Gasteiger partial charge < -0.3 is 14.8 Å². The van der Waals surface area contributed by atoms with Crippen LogP contribution in [0.15, 0.2) is 82.3 Å². The number of nitrogens with one attached hydrogen (secondary N) is 2. The van der Waals surface area contributed by atoms with Crippen LogP contribution in [0.2, 0.25) is 5.02 Å². The van der Waals surface area contributed by atoms with Crippen LogP contribution in [0.1, 0.15) is 5.56 Å². The molecular formula is C29H22BrClF2N4O4S. The second-order valence-electron chi connectivity index (χ2n) is 9.01. The first kappa shape index (κ1) is 29.5. The number of rotatable bonds is 9. The van der Waals surface area contributed by atoms with Crippen LogP contribution in [0, 0.1) is 11.6 Å². The summed E-state index contributed by atoms with van der Waals surface area (Å²) >= 11 is 10.2. The Morgan fingerprint density at radius 1 is 0.976 bits per heavy atom. The molecule has 42 heavy (non-hydrogen) atoms. The third-order valence-electron chi connectivity index (χ3n) is 6.26. The Bertz CT molecular complexity index is 1910. The van der Waals surface area contributed by atoms with Gasteiger partial charge in [-0.05, 0) is 70.0 Å². The molecule has 0 fully saturated rings. The number of benzene rings is 3. The number of methoxy groups -OCH3 is 2. The molecule has 0 aliphatic carbocycles. The Labute approximate surface area is 253 Å². The summed E-state index contributed by atoms with van der Waals surface area (Å²) in [6.45, 7) is 0.533. The second kappa shape index (κ2) is 12.1. The highest BCUT2D eigenvalue weighted by Gasteiger charge is 2.23. The molecule has 0 unspecified atom stereocenters. The van der Waals surface area contributed by atoms with E-state index in [0.29, 0.717) is 40.1 Å². The molecule has 0 amide bonds. The molecule has 2 heterocycles. The molecule has 3 aromatic carbocycles. The maximum atomic E-state index is 14.3. The van der Waals surface area contributed by atoms with Gasteiger partial charge in [0.05, 0.1) is 29.2 Å².